The maximum Gasteiger partial charge on any atom is 0.408 e. The molecule has 1 aromatic heterocycles. The third-order valence-corrected chi connectivity index (χ3v) is 8.59. The van der Waals surface area contributed by atoms with E-state index >= 15 is 8.78 Å². The van der Waals surface area contributed by atoms with Crippen LogP contribution in [-0.2, 0) is 20.2 Å². The van der Waals surface area contributed by atoms with Crippen LogP contribution in [0, 0.1) is 17.3 Å². The fourth-order valence-corrected chi connectivity index (χ4v) is 5.94. The molecule has 1 aromatic carbocycles. The van der Waals surface area contributed by atoms with Crippen LogP contribution in [0.25, 0.3) is 11.0 Å². The number of aliphatic carboxylic acids is 1. The molecule has 6 atom stereocenters. The molecule has 0 unspecified atom stereocenters. The van der Waals surface area contributed by atoms with Gasteiger partial charge in [-0.05, 0) is 42.7 Å². The highest BCUT2D eigenvalue weighted by atomic mass is 19.3. The highest BCUT2D eigenvalue weighted by molar-refractivity contribution is 5.90. The van der Waals surface area contributed by atoms with Crippen molar-refractivity contribution in [2.75, 3.05) is 13.7 Å². The Kier molecular flexibility index (Phi) is 8.12. The average Bonchev–Trinajstić information content (AvgIpc) is 3.58. The molecule has 1 saturated heterocycles. The van der Waals surface area contributed by atoms with E-state index in [1.165, 1.54) is 13.2 Å². The highest BCUT2D eigenvalue weighted by Crippen LogP contribution is 2.42. The van der Waals surface area contributed by atoms with Crippen molar-refractivity contribution in [3.63, 3.8) is 0 Å². The molecule has 2 amide bonds. The minimum Gasteiger partial charge on any atom is -0.497 e. The number of rotatable bonds is 2. The number of methoxy groups -OCH3 is 1. The molecule has 3 aliphatic rings. The number of carboxylic acid groups (broad SMARTS) is 1. The minimum atomic E-state index is -3.40. The van der Waals surface area contributed by atoms with E-state index in [1.807, 2.05) is 0 Å². The molecular formula is C30H38F2N4O7. The summed E-state index contributed by atoms with van der Waals surface area (Å²) in [5, 5.41) is 12.8. The first kappa shape index (κ1) is 30.7. The molecule has 1 aliphatic carbocycles. The number of halogens is 2. The predicted octanol–water partition coefficient (Wildman–Crippen LogP) is 4.51. The van der Waals surface area contributed by atoms with Gasteiger partial charge < -0.3 is 29.5 Å². The first-order valence-electron chi connectivity index (χ1n) is 14.6. The largest absolute Gasteiger partial charge is 0.497 e. The maximum absolute atomic E-state index is 15.8. The number of hydrogen-bond donors (Lipinski definition) is 2. The third kappa shape index (κ3) is 6.30. The smallest absolute Gasteiger partial charge is 0.408 e. The van der Waals surface area contributed by atoms with E-state index in [4.69, 9.17) is 14.2 Å². The molecule has 2 fully saturated rings. The second kappa shape index (κ2) is 11.4. The van der Waals surface area contributed by atoms with Gasteiger partial charge >= 0.3 is 12.1 Å². The molecule has 5 rings (SSSR count). The topological polar surface area (TPSA) is 140 Å². The molecule has 0 spiro atoms. The Morgan fingerprint density at radius 3 is 2.56 bits per heavy atom. The van der Waals surface area contributed by atoms with Crippen molar-refractivity contribution in [3.05, 3.63) is 23.9 Å². The number of amides is 2. The van der Waals surface area contributed by atoms with Gasteiger partial charge in [0.15, 0.2) is 5.69 Å². The van der Waals surface area contributed by atoms with Gasteiger partial charge in [0.25, 0.3) is 5.92 Å². The number of nitrogens with one attached hydrogen (secondary N) is 1. The third-order valence-electron chi connectivity index (χ3n) is 8.59. The SMILES string of the molecule is COc1ccc2nc3c(nc2c1)O[C@H]1CN(C(=O)[C@H](C(C)(C)C)NC(=O)O[C@@H]2C[C@H]2CCCCC3(F)F)[C@H](C(=O)O)[C@@H]1C. The number of hydrogen-bond acceptors (Lipinski definition) is 8. The monoisotopic (exact) mass is 604 g/mol. The zero-order valence-corrected chi connectivity index (χ0v) is 24.9. The van der Waals surface area contributed by atoms with Crippen LogP contribution in [0.2, 0.25) is 0 Å². The van der Waals surface area contributed by atoms with Crippen molar-refractivity contribution in [2.24, 2.45) is 17.3 Å². The van der Waals surface area contributed by atoms with Crippen molar-refractivity contribution in [3.8, 4) is 11.6 Å². The van der Waals surface area contributed by atoms with E-state index in [9.17, 15) is 19.5 Å². The highest BCUT2D eigenvalue weighted by Gasteiger charge is 2.51. The van der Waals surface area contributed by atoms with Crippen molar-refractivity contribution in [1.29, 1.82) is 0 Å². The summed E-state index contributed by atoms with van der Waals surface area (Å²) >= 11 is 0. The molecule has 11 nitrogen and oxygen atoms in total. The minimum absolute atomic E-state index is 0.0490. The lowest BCUT2D eigenvalue weighted by Crippen LogP contribution is -2.57. The summed E-state index contributed by atoms with van der Waals surface area (Å²) in [5.41, 5.74) is -0.947. The molecule has 3 heterocycles. The van der Waals surface area contributed by atoms with E-state index in [1.54, 1.807) is 39.8 Å². The average molecular weight is 605 g/mol. The normalized spacial score (nSPS) is 29.7. The molecular weight excluding hydrogens is 566 g/mol. The summed E-state index contributed by atoms with van der Waals surface area (Å²) in [6.45, 7) is 6.60. The second-order valence-electron chi connectivity index (χ2n) is 12.9. The van der Waals surface area contributed by atoms with Gasteiger partial charge in [-0.25, -0.2) is 19.6 Å². The van der Waals surface area contributed by atoms with Crippen LogP contribution in [0.3, 0.4) is 0 Å². The van der Waals surface area contributed by atoms with Gasteiger partial charge in [0, 0.05) is 18.4 Å². The molecule has 13 heteroatoms. The Labute approximate surface area is 248 Å². The molecule has 234 valence electrons. The van der Waals surface area contributed by atoms with Crippen molar-refractivity contribution < 1.29 is 42.5 Å². The van der Waals surface area contributed by atoms with Crippen LogP contribution in [0.15, 0.2) is 18.2 Å². The molecule has 2 N–H and O–H groups in total. The number of fused-ring (bicyclic) bond motifs is 5. The lowest BCUT2D eigenvalue weighted by Gasteiger charge is -2.34. The summed E-state index contributed by atoms with van der Waals surface area (Å²) in [6, 6.07) is 2.23. The van der Waals surface area contributed by atoms with Gasteiger partial charge in [0.2, 0.25) is 11.8 Å². The summed E-state index contributed by atoms with van der Waals surface area (Å²) < 4.78 is 48.5. The number of nitrogens with zero attached hydrogens (tertiary/aromatic N) is 3. The lowest BCUT2D eigenvalue weighted by molar-refractivity contribution is -0.151. The zero-order chi connectivity index (χ0) is 31.3. The van der Waals surface area contributed by atoms with Crippen molar-refractivity contribution in [2.45, 2.75) is 90.0 Å². The first-order chi connectivity index (χ1) is 20.2. The Morgan fingerprint density at radius 2 is 1.88 bits per heavy atom. The summed E-state index contributed by atoms with van der Waals surface area (Å²) in [6.07, 6.45) is -0.733. The van der Waals surface area contributed by atoms with Crippen LogP contribution in [0.5, 0.6) is 11.6 Å². The number of aromatic nitrogens is 2. The molecule has 43 heavy (non-hydrogen) atoms. The van der Waals surface area contributed by atoms with E-state index in [0.717, 1.165) is 4.90 Å². The Hall–Kier alpha value is -3.77. The van der Waals surface area contributed by atoms with Gasteiger partial charge in [-0.3, -0.25) is 4.79 Å². The van der Waals surface area contributed by atoms with Crippen molar-refractivity contribution >= 4 is 29.0 Å². The molecule has 0 radical (unpaired) electrons. The zero-order valence-electron chi connectivity index (χ0n) is 24.9. The fraction of sp³-hybridized carbons (Fsp3) is 0.633. The molecule has 2 bridgehead atoms. The van der Waals surface area contributed by atoms with E-state index in [2.05, 4.69) is 15.3 Å². The molecule has 1 saturated carbocycles. The van der Waals surface area contributed by atoms with E-state index in [0.29, 0.717) is 25.0 Å². The Bertz CT molecular complexity index is 1410. The first-order valence-corrected chi connectivity index (χ1v) is 14.6. The lowest BCUT2D eigenvalue weighted by atomic mass is 9.85. The molecule has 2 aromatic rings. The van der Waals surface area contributed by atoms with Crippen LogP contribution in [0.1, 0.15) is 65.5 Å². The fourth-order valence-electron chi connectivity index (χ4n) is 5.94. The molecule has 2 aliphatic heterocycles. The van der Waals surface area contributed by atoms with Crippen LogP contribution in [-0.4, -0.2) is 75.9 Å². The van der Waals surface area contributed by atoms with Gasteiger partial charge in [0.1, 0.15) is 30.0 Å². The number of ether oxygens (including phenoxy) is 3. The number of benzene rings is 1. The predicted molar refractivity (Wildman–Crippen MR) is 150 cm³/mol. The van der Waals surface area contributed by atoms with Gasteiger partial charge in [-0.1, -0.05) is 34.1 Å². The van der Waals surface area contributed by atoms with Crippen LogP contribution < -0.4 is 14.8 Å². The summed E-state index contributed by atoms with van der Waals surface area (Å²) in [5.74, 6) is -6.05. The van der Waals surface area contributed by atoms with Crippen LogP contribution in [0.4, 0.5) is 13.6 Å². The number of alkyl carbamates (subject to hydrolysis) is 1. The number of alkyl halides is 2. The second-order valence-corrected chi connectivity index (χ2v) is 12.9. The number of carboxylic acids is 1. The number of carbonyl (C=O) groups is 3. The van der Waals surface area contributed by atoms with Crippen molar-refractivity contribution in [1.82, 2.24) is 20.2 Å². The van der Waals surface area contributed by atoms with Gasteiger partial charge in [-0.2, -0.15) is 8.78 Å². The maximum atomic E-state index is 15.8. The van der Waals surface area contributed by atoms with E-state index < -0.39 is 71.4 Å². The van der Waals surface area contributed by atoms with Gasteiger partial charge in [-0.15, -0.1) is 0 Å². The standard InChI is InChI=1S/C30H38F2N4O7/c1-15-21-14-36(22(15)27(38)39)26(37)24(29(2,3)4)35-28(40)43-20-12-16(20)8-6-7-11-30(31,32)23-25(42-21)34-19-13-17(41-5)9-10-18(19)33-23/h9-10,13,15-16,20-22,24H,6-8,11-12,14H2,1-5H3,(H,35,40)(H,38,39)/t15-,16-,20-,21+,22+,24-/m1/s1. The van der Waals surface area contributed by atoms with Crippen LogP contribution >= 0.6 is 0 Å². The summed E-state index contributed by atoms with van der Waals surface area (Å²) in [4.78, 5) is 49.0. The Balaban J connectivity index is 1.57. The quantitative estimate of drug-likeness (QED) is 0.507. The Morgan fingerprint density at radius 1 is 1.14 bits per heavy atom. The summed E-state index contributed by atoms with van der Waals surface area (Å²) in [7, 11) is 1.47. The van der Waals surface area contributed by atoms with E-state index in [-0.39, 0.29) is 36.0 Å². The van der Waals surface area contributed by atoms with Gasteiger partial charge in [0.05, 0.1) is 24.7 Å². The number of carbonyl (C=O) groups excluding carboxylic acids is 2.